The van der Waals surface area contributed by atoms with E-state index >= 15 is 0 Å². The Balaban J connectivity index is 1.60. The SMILES string of the molecule is COc1ccc(CCC(=O)Nc2ccc(-n3ccnc3)c(Cl)c2)cc1F. The second kappa shape index (κ2) is 8.01. The molecule has 0 atom stereocenters. The van der Waals surface area contributed by atoms with Crippen molar-refractivity contribution in [2.24, 2.45) is 0 Å². The quantitative estimate of drug-likeness (QED) is 0.703. The number of methoxy groups -OCH3 is 1. The molecule has 0 bridgehead atoms. The van der Waals surface area contributed by atoms with E-state index in [0.29, 0.717) is 17.1 Å². The Hall–Kier alpha value is -2.86. The van der Waals surface area contributed by atoms with E-state index < -0.39 is 5.82 Å². The first-order valence-electron chi connectivity index (χ1n) is 7.97. The summed E-state index contributed by atoms with van der Waals surface area (Å²) in [6.07, 6.45) is 5.75. The van der Waals surface area contributed by atoms with Crippen molar-refractivity contribution in [1.29, 1.82) is 0 Å². The van der Waals surface area contributed by atoms with Crippen LogP contribution < -0.4 is 10.1 Å². The topological polar surface area (TPSA) is 56.1 Å². The first-order valence-corrected chi connectivity index (χ1v) is 8.35. The van der Waals surface area contributed by atoms with Gasteiger partial charge in [-0.05, 0) is 42.3 Å². The summed E-state index contributed by atoms with van der Waals surface area (Å²) < 4.78 is 20.3. The van der Waals surface area contributed by atoms with Gasteiger partial charge in [-0.3, -0.25) is 4.79 Å². The van der Waals surface area contributed by atoms with Crippen LogP contribution in [-0.2, 0) is 11.2 Å². The van der Waals surface area contributed by atoms with Gasteiger partial charge in [0.2, 0.25) is 5.91 Å². The van der Waals surface area contributed by atoms with Crippen molar-refractivity contribution in [1.82, 2.24) is 9.55 Å². The highest BCUT2D eigenvalue weighted by Gasteiger charge is 2.09. The zero-order valence-electron chi connectivity index (χ0n) is 14.1. The average molecular weight is 374 g/mol. The minimum atomic E-state index is -0.438. The second-order valence-electron chi connectivity index (χ2n) is 5.65. The third-order valence-electron chi connectivity index (χ3n) is 3.87. The summed E-state index contributed by atoms with van der Waals surface area (Å²) >= 11 is 6.27. The summed E-state index contributed by atoms with van der Waals surface area (Å²) in [4.78, 5) is 16.1. The number of halogens is 2. The maximum absolute atomic E-state index is 13.7. The highest BCUT2D eigenvalue weighted by molar-refractivity contribution is 6.32. The fourth-order valence-corrected chi connectivity index (χ4v) is 2.82. The number of hydrogen-bond acceptors (Lipinski definition) is 3. The average Bonchev–Trinajstić information content (AvgIpc) is 3.14. The van der Waals surface area contributed by atoms with Gasteiger partial charge in [-0.15, -0.1) is 0 Å². The summed E-state index contributed by atoms with van der Waals surface area (Å²) in [5.41, 5.74) is 2.10. The molecule has 7 heteroatoms. The van der Waals surface area contributed by atoms with E-state index in [1.54, 1.807) is 53.6 Å². The Kier molecular flexibility index (Phi) is 5.53. The van der Waals surface area contributed by atoms with Crippen LogP contribution in [0, 0.1) is 5.82 Å². The maximum atomic E-state index is 13.7. The van der Waals surface area contributed by atoms with Crippen LogP contribution in [-0.4, -0.2) is 22.6 Å². The fraction of sp³-hybridized carbons (Fsp3) is 0.158. The Morgan fingerprint density at radius 3 is 2.81 bits per heavy atom. The molecule has 5 nitrogen and oxygen atoms in total. The number of imidazole rings is 1. The number of rotatable bonds is 6. The number of carbonyl (C=O) groups excluding carboxylic acids is 1. The Morgan fingerprint density at radius 2 is 2.15 bits per heavy atom. The van der Waals surface area contributed by atoms with Crippen LogP contribution in [0.5, 0.6) is 5.75 Å². The number of anilines is 1. The lowest BCUT2D eigenvalue weighted by molar-refractivity contribution is -0.116. The summed E-state index contributed by atoms with van der Waals surface area (Å²) in [7, 11) is 1.41. The first kappa shape index (κ1) is 17.9. The van der Waals surface area contributed by atoms with Gasteiger partial charge < -0.3 is 14.6 Å². The molecule has 1 aromatic heterocycles. The number of nitrogens with one attached hydrogen (secondary N) is 1. The Bertz CT molecular complexity index is 913. The third kappa shape index (κ3) is 4.21. The van der Waals surface area contributed by atoms with Gasteiger partial charge >= 0.3 is 0 Å². The molecule has 0 aliphatic rings. The number of amides is 1. The van der Waals surface area contributed by atoms with Crippen LogP contribution >= 0.6 is 11.6 Å². The highest BCUT2D eigenvalue weighted by Crippen LogP contribution is 2.24. The number of carbonyl (C=O) groups is 1. The molecule has 0 saturated carbocycles. The van der Waals surface area contributed by atoms with E-state index in [2.05, 4.69) is 10.3 Å². The Labute approximate surface area is 155 Å². The van der Waals surface area contributed by atoms with Gasteiger partial charge in [0.05, 0.1) is 24.1 Å². The molecular formula is C19H17ClFN3O2. The number of ether oxygens (including phenoxy) is 1. The largest absolute Gasteiger partial charge is 0.494 e. The number of nitrogens with zero attached hydrogens (tertiary/aromatic N) is 2. The van der Waals surface area contributed by atoms with E-state index in [0.717, 1.165) is 11.3 Å². The predicted molar refractivity (Wildman–Crippen MR) is 98.5 cm³/mol. The van der Waals surface area contributed by atoms with Crippen LogP contribution in [0.4, 0.5) is 10.1 Å². The van der Waals surface area contributed by atoms with Crippen molar-refractivity contribution in [3.8, 4) is 11.4 Å². The van der Waals surface area contributed by atoms with E-state index in [1.165, 1.54) is 13.2 Å². The number of aryl methyl sites for hydroxylation is 1. The molecular weight excluding hydrogens is 357 g/mol. The molecule has 134 valence electrons. The zero-order valence-corrected chi connectivity index (χ0v) is 14.8. The number of aromatic nitrogens is 2. The Morgan fingerprint density at radius 1 is 1.31 bits per heavy atom. The van der Waals surface area contributed by atoms with E-state index in [-0.39, 0.29) is 18.1 Å². The van der Waals surface area contributed by atoms with E-state index in [1.807, 2.05) is 0 Å². The summed E-state index contributed by atoms with van der Waals surface area (Å²) in [6.45, 7) is 0. The fourth-order valence-electron chi connectivity index (χ4n) is 2.54. The van der Waals surface area contributed by atoms with Gasteiger partial charge in [-0.25, -0.2) is 9.37 Å². The lowest BCUT2D eigenvalue weighted by Crippen LogP contribution is -2.12. The van der Waals surface area contributed by atoms with Gasteiger partial charge in [-0.1, -0.05) is 17.7 Å². The van der Waals surface area contributed by atoms with Gasteiger partial charge in [0, 0.05) is 24.5 Å². The number of hydrogen-bond donors (Lipinski definition) is 1. The van der Waals surface area contributed by atoms with Crippen LogP contribution in [0.1, 0.15) is 12.0 Å². The summed E-state index contributed by atoms with van der Waals surface area (Å²) in [5, 5.41) is 3.29. The van der Waals surface area contributed by atoms with Crippen LogP contribution in [0.25, 0.3) is 5.69 Å². The molecule has 0 saturated heterocycles. The van der Waals surface area contributed by atoms with Crippen molar-refractivity contribution in [3.05, 3.63) is 71.5 Å². The van der Waals surface area contributed by atoms with Gasteiger partial charge in [0.1, 0.15) is 0 Å². The number of benzene rings is 2. The first-order chi connectivity index (χ1) is 12.6. The van der Waals surface area contributed by atoms with Crippen molar-refractivity contribution < 1.29 is 13.9 Å². The molecule has 1 N–H and O–H groups in total. The normalized spacial score (nSPS) is 10.6. The maximum Gasteiger partial charge on any atom is 0.224 e. The minimum Gasteiger partial charge on any atom is -0.494 e. The van der Waals surface area contributed by atoms with Crippen molar-refractivity contribution >= 4 is 23.2 Å². The molecule has 2 aromatic carbocycles. The molecule has 0 radical (unpaired) electrons. The molecule has 3 rings (SSSR count). The van der Waals surface area contributed by atoms with Gasteiger partial charge in [-0.2, -0.15) is 0 Å². The van der Waals surface area contributed by atoms with E-state index in [4.69, 9.17) is 16.3 Å². The lowest BCUT2D eigenvalue weighted by atomic mass is 10.1. The molecule has 1 amide bonds. The molecule has 3 aromatic rings. The summed E-state index contributed by atoms with van der Waals surface area (Å²) in [5.74, 6) is -0.425. The smallest absolute Gasteiger partial charge is 0.224 e. The standard InChI is InChI=1S/C19H17ClFN3O2/c1-26-18-6-2-13(10-16(18)21)3-7-19(25)23-14-4-5-17(15(20)11-14)24-9-8-22-12-24/h2,4-6,8-12H,3,7H2,1H3,(H,23,25). The van der Waals surface area contributed by atoms with E-state index in [9.17, 15) is 9.18 Å². The summed E-state index contributed by atoms with van der Waals surface area (Å²) in [6, 6.07) is 9.93. The molecule has 0 aliphatic heterocycles. The monoisotopic (exact) mass is 373 g/mol. The minimum absolute atomic E-state index is 0.173. The van der Waals surface area contributed by atoms with Crippen molar-refractivity contribution in [2.45, 2.75) is 12.8 Å². The molecule has 26 heavy (non-hydrogen) atoms. The third-order valence-corrected chi connectivity index (χ3v) is 4.17. The highest BCUT2D eigenvalue weighted by atomic mass is 35.5. The van der Waals surface area contributed by atoms with Crippen LogP contribution in [0.2, 0.25) is 5.02 Å². The molecule has 1 heterocycles. The van der Waals surface area contributed by atoms with Gasteiger partial charge in [0.15, 0.2) is 11.6 Å². The van der Waals surface area contributed by atoms with Crippen LogP contribution in [0.15, 0.2) is 55.1 Å². The lowest BCUT2D eigenvalue weighted by Gasteiger charge is -2.10. The zero-order chi connectivity index (χ0) is 18.5. The van der Waals surface area contributed by atoms with Crippen molar-refractivity contribution in [3.63, 3.8) is 0 Å². The van der Waals surface area contributed by atoms with Crippen LogP contribution in [0.3, 0.4) is 0 Å². The molecule has 0 aliphatic carbocycles. The second-order valence-corrected chi connectivity index (χ2v) is 6.06. The predicted octanol–water partition coefficient (Wildman–Crippen LogP) is 4.24. The molecule has 0 fully saturated rings. The molecule has 0 spiro atoms. The molecule has 0 unspecified atom stereocenters. The van der Waals surface area contributed by atoms with Gasteiger partial charge in [0.25, 0.3) is 0 Å². The van der Waals surface area contributed by atoms with Crippen molar-refractivity contribution in [2.75, 3.05) is 12.4 Å².